The van der Waals surface area contributed by atoms with E-state index in [0.717, 1.165) is 29.4 Å². The maximum absolute atomic E-state index is 13.5. The van der Waals surface area contributed by atoms with Crippen LogP contribution in [0, 0.1) is 6.92 Å². The van der Waals surface area contributed by atoms with Crippen LogP contribution in [0.1, 0.15) is 65.9 Å². The number of fused-ring (bicyclic) bond motifs is 1. The number of H-pyrrole nitrogens is 1. The molecule has 4 aromatic rings. The predicted octanol–water partition coefficient (Wildman–Crippen LogP) is 3.59. The number of para-hydroxylation sites is 2. The van der Waals surface area contributed by atoms with Crippen LogP contribution in [-0.4, -0.2) is 50.3 Å². The summed E-state index contributed by atoms with van der Waals surface area (Å²) in [6, 6.07) is 17.2. The lowest BCUT2D eigenvalue weighted by Gasteiger charge is -2.27. The third-order valence-corrected chi connectivity index (χ3v) is 6.80. The summed E-state index contributed by atoms with van der Waals surface area (Å²) in [6.45, 7) is 4.06. The zero-order chi connectivity index (χ0) is 26.6. The molecule has 38 heavy (non-hydrogen) atoms. The van der Waals surface area contributed by atoms with E-state index in [9.17, 15) is 14.4 Å². The Morgan fingerprint density at radius 1 is 1.11 bits per heavy atom. The highest BCUT2D eigenvalue weighted by atomic mass is 16.5. The number of likely N-dealkylation sites (tertiary alicyclic amines) is 1. The van der Waals surface area contributed by atoms with Crippen molar-refractivity contribution in [2.45, 2.75) is 51.2 Å². The van der Waals surface area contributed by atoms with Crippen LogP contribution in [0.25, 0.3) is 11.0 Å². The lowest BCUT2D eigenvalue weighted by Crippen LogP contribution is -2.50. The van der Waals surface area contributed by atoms with Gasteiger partial charge in [-0.25, -0.2) is 4.98 Å². The first kappa shape index (κ1) is 25.2. The minimum atomic E-state index is -1.11. The van der Waals surface area contributed by atoms with E-state index in [4.69, 9.17) is 4.52 Å². The highest BCUT2D eigenvalue weighted by Crippen LogP contribution is 2.32. The van der Waals surface area contributed by atoms with Gasteiger partial charge in [-0.15, -0.1) is 0 Å². The second kappa shape index (κ2) is 10.9. The average molecular weight is 515 g/mol. The van der Waals surface area contributed by atoms with Crippen LogP contribution in [0.4, 0.5) is 0 Å². The van der Waals surface area contributed by atoms with Crippen LogP contribution in [0.2, 0.25) is 0 Å². The summed E-state index contributed by atoms with van der Waals surface area (Å²) >= 11 is 0. The fourth-order valence-corrected chi connectivity index (χ4v) is 4.85. The van der Waals surface area contributed by atoms with Gasteiger partial charge in [-0.3, -0.25) is 14.4 Å². The summed E-state index contributed by atoms with van der Waals surface area (Å²) in [6.07, 6.45) is 1.53. The van der Waals surface area contributed by atoms with Gasteiger partial charge < -0.3 is 25.0 Å². The van der Waals surface area contributed by atoms with Crippen LogP contribution in [0.3, 0.4) is 0 Å². The molecule has 3 amide bonds. The largest absolute Gasteiger partial charge is 0.361 e. The smallest absolute Gasteiger partial charge is 0.274 e. The fourth-order valence-electron chi connectivity index (χ4n) is 4.85. The monoisotopic (exact) mass is 514 g/mol. The van der Waals surface area contributed by atoms with E-state index in [0.29, 0.717) is 18.1 Å². The van der Waals surface area contributed by atoms with E-state index >= 15 is 0 Å². The third kappa shape index (κ3) is 5.44. The van der Waals surface area contributed by atoms with Gasteiger partial charge in [0.25, 0.3) is 5.91 Å². The Balaban J connectivity index is 1.33. The average Bonchev–Trinajstić information content (AvgIpc) is 3.68. The molecule has 0 spiro atoms. The second-order valence-electron chi connectivity index (χ2n) is 9.58. The van der Waals surface area contributed by atoms with Crippen molar-refractivity contribution in [2.24, 2.45) is 0 Å². The first-order valence-corrected chi connectivity index (χ1v) is 12.7. The van der Waals surface area contributed by atoms with Gasteiger partial charge in [-0.2, -0.15) is 0 Å². The molecular formula is C28H30N6O4. The number of hydrogen-bond donors (Lipinski definition) is 3. The molecule has 1 saturated heterocycles. The normalized spacial score (nSPS) is 16.8. The molecule has 1 fully saturated rings. The number of carbonyl (C=O) groups is 3. The Morgan fingerprint density at radius 2 is 1.87 bits per heavy atom. The molecule has 196 valence electrons. The SMILES string of the molecule is Cc1cc(C(=O)N[C@@H](CC(=O)N2CCC[C@@H]2c2ccccc2)C(=O)N[C@H](C)c2nc3ccccc3[nH]2)no1. The molecule has 0 radical (unpaired) electrons. The zero-order valence-electron chi connectivity index (χ0n) is 21.3. The molecule has 1 aliphatic rings. The molecule has 10 heteroatoms. The summed E-state index contributed by atoms with van der Waals surface area (Å²) in [5, 5.41) is 9.32. The number of benzene rings is 2. The number of imidazole rings is 1. The summed E-state index contributed by atoms with van der Waals surface area (Å²) < 4.78 is 5.01. The molecule has 3 heterocycles. The van der Waals surface area contributed by atoms with Crippen LogP contribution in [0.15, 0.2) is 65.2 Å². The number of aromatic amines is 1. The van der Waals surface area contributed by atoms with E-state index in [1.807, 2.05) is 54.6 Å². The van der Waals surface area contributed by atoms with Crippen molar-refractivity contribution in [3.8, 4) is 0 Å². The molecule has 10 nitrogen and oxygen atoms in total. The van der Waals surface area contributed by atoms with Gasteiger partial charge >= 0.3 is 0 Å². The second-order valence-corrected chi connectivity index (χ2v) is 9.58. The number of aromatic nitrogens is 3. The van der Waals surface area contributed by atoms with E-state index in [-0.39, 0.29) is 24.1 Å². The summed E-state index contributed by atoms with van der Waals surface area (Å²) in [7, 11) is 0. The number of aryl methyl sites for hydroxylation is 1. The van der Waals surface area contributed by atoms with E-state index in [1.165, 1.54) is 6.07 Å². The lowest BCUT2D eigenvalue weighted by molar-refractivity contribution is -0.135. The summed E-state index contributed by atoms with van der Waals surface area (Å²) in [5.74, 6) is -0.243. The van der Waals surface area contributed by atoms with Crippen molar-refractivity contribution in [1.82, 2.24) is 30.7 Å². The molecule has 0 unspecified atom stereocenters. The zero-order valence-corrected chi connectivity index (χ0v) is 21.3. The Morgan fingerprint density at radius 3 is 2.61 bits per heavy atom. The Bertz CT molecular complexity index is 1410. The van der Waals surface area contributed by atoms with Crippen molar-refractivity contribution < 1.29 is 18.9 Å². The van der Waals surface area contributed by atoms with Gasteiger partial charge in [0.2, 0.25) is 11.8 Å². The van der Waals surface area contributed by atoms with Gasteiger partial charge in [0.1, 0.15) is 17.6 Å². The van der Waals surface area contributed by atoms with Crippen molar-refractivity contribution in [1.29, 1.82) is 0 Å². The molecule has 2 aromatic heterocycles. The molecule has 3 N–H and O–H groups in total. The standard InChI is InChI=1S/C28H30N6O4/c1-17-15-23(33-38-17)28(37)32-22(16-25(35)34-14-8-13-24(34)19-9-4-3-5-10-19)27(36)29-18(2)26-30-20-11-6-7-12-21(20)31-26/h3-7,9-12,15,18,22,24H,8,13-14,16H2,1-2H3,(H,29,36)(H,30,31)(H,32,37)/t18-,22+,24-/m1/s1. The molecule has 0 aliphatic carbocycles. The number of rotatable bonds is 8. The number of hydrogen-bond acceptors (Lipinski definition) is 6. The number of amides is 3. The summed E-state index contributed by atoms with van der Waals surface area (Å²) in [4.78, 5) is 49.3. The van der Waals surface area contributed by atoms with Crippen molar-refractivity contribution in [3.63, 3.8) is 0 Å². The quantitative estimate of drug-likeness (QED) is 0.329. The minimum absolute atomic E-state index is 0.0430. The Labute approximate surface area is 219 Å². The number of carbonyl (C=O) groups excluding carboxylic acids is 3. The Hall–Kier alpha value is -4.47. The number of nitrogens with zero attached hydrogens (tertiary/aromatic N) is 3. The van der Waals surface area contributed by atoms with Gasteiger partial charge in [0, 0.05) is 12.6 Å². The lowest BCUT2D eigenvalue weighted by atomic mass is 10.0. The van der Waals surface area contributed by atoms with Crippen LogP contribution >= 0.6 is 0 Å². The molecule has 1 aliphatic heterocycles. The molecular weight excluding hydrogens is 484 g/mol. The van der Waals surface area contributed by atoms with Gasteiger partial charge in [0.05, 0.1) is 29.5 Å². The van der Waals surface area contributed by atoms with Crippen LogP contribution in [-0.2, 0) is 9.59 Å². The Kier molecular flexibility index (Phi) is 7.21. The highest BCUT2D eigenvalue weighted by molar-refractivity contribution is 5.98. The maximum atomic E-state index is 13.5. The number of nitrogens with one attached hydrogen (secondary N) is 3. The van der Waals surface area contributed by atoms with Crippen LogP contribution < -0.4 is 10.6 Å². The van der Waals surface area contributed by atoms with E-state index < -0.39 is 23.9 Å². The molecule has 5 rings (SSSR count). The molecule has 2 aromatic carbocycles. The minimum Gasteiger partial charge on any atom is -0.361 e. The first-order valence-electron chi connectivity index (χ1n) is 12.7. The van der Waals surface area contributed by atoms with Gasteiger partial charge in [-0.1, -0.05) is 47.6 Å². The molecule has 0 bridgehead atoms. The van der Waals surface area contributed by atoms with Gasteiger partial charge in [0.15, 0.2) is 5.69 Å². The van der Waals surface area contributed by atoms with Crippen molar-refractivity contribution in [2.75, 3.05) is 6.54 Å². The molecule has 3 atom stereocenters. The maximum Gasteiger partial charge on any atom is 0.274 e. The van der Waals surface area contributed by atoms with Crippen molar-refractivity contribution in [3.05, 3.63) is 83.5 Å². The van der Waals surface area contributed by atoms with Crippen molar-refractivity contribution >= 4 is 28.8 Å². The third-order valence-electron chi connectivity index (χ3n) is 6.80. The highest BCUT2D eigenvalue weighted by Gasteiger charge is 2.34. The molecule has 0 saturated carbocycles. The fraction of sp³-hybridized carbons (Fsp3) is 0.321. The van der Waals surface area contributed by atoms with Gasteiger partial charge in [-0.05, 0) is 44.4 Å². The van der Waals surface area contributed by atoms with Crippen LogP contribution in [0.5, 0.6) is 0 Å². The topological polar surface area (TPSA) is 133 Å². The predicted molar refractivity (Wildman–Crippen MR) is 140 cm³/mol. The van der Waals surface area contributed by atoms with E-state index in [2.05, 4.69) is 25.8 Å². The first-order chi connectivity index (χ1) is 18.4. The summed E-state index contributed by atoms with van der Waals surface area (Å²) in [5.41, 5.74) is 2.73. The van der Waals surface area contributed by atoms with E-state index in [1.54, 1.807) is 18.7 Å².